The van der Waals surface area contributed by atoms with E-state index >= 15 is 0 Å². The van der Waals surface area contributed by atoms with Gasteiger partial charge in [0, 0.05) is 0 Å². The summed E-state index contributed by atoms with van der Waals surface area (Å²) in [6.45, 7) is 3.68. The van der Waals surface area contributed by atoms with Gasteiger partial charge in [-0.1, -0.05) is 0 Å². The van der Waals surface area contributed by atoms with Gasteiger partial charge in [0.05, 0.1) is 0 Å². The number of aryl methyl sites for hydroxylation is 1. The van der Waals surface area contributed by atoms with Gasteiger partial charge in [-0.05, 0) is 0 Å². The van der Waals surface area contributed by atoms with Gasteiger partial charge >= 0.3 is 167 Å². The molecule has 0 atom stereocenters. The van der Waals surface area contributed by atoms with Crippen LogP contribution in [-0.4, -0.2) is 30.5 Å². The molecule has 0 bridgehead atoms. The minimum atomic E-state index is -0.480. The Balaban J connectivity index is 2.04. The summed E-state index contributed by atoms with van der Waals surface area (Å²) >= 11 is -0.480. The Bertz CT molecular complexity index is 645. The molecule has 0 saturated heterocycles. The van der Waals surface area contributed by atoms with Crippen molar-refractivity contribution in [3.8, 4) is 5.75 Å². The molecule has 0 unspecified atom stereocenters. The number of aliphatic hydroxyl groups is 2. The molecular formula is C21H28IO4-. The minimum absolute atomic E-state index is 0.0465. The average molecular weight is 471 g/mol. The summed E-state index contributed by atoms with van der Waals surface area (Å²) in [4.78, 5) is 0. The van der Waals surface area contributed by atoms with Crippen LogP contribution in [0.1, 0.15) is 36.5 Å². The van der Waals surface area contributed by atoms with Crippen LogP contribution >= 0.6 is 0 Å². The molecule has 0 aliphatic heterocycles. The maximum absolute atomic E-state index is 9.71. The number of hydrogen-bond acceptors (Lipinski definition) is 4. The van der Waals surface area contributed by atoms with Gasteiger partial charge in [0.1, 0.15) is 0 Å². The first-order valence-corrected chi connectivity index (χ1v) is 11.1. The van der Waals surface area contributed by atoms with Gasteiger partial charge < -0.3 is 0 Å². The van der Waals surface area contributed by atoms with Crippen LogP contribution in [0, 0.1) is 7.14 Å². The van der Waals surface area contributed by atoms with Gasteiger partial charge in [-0.15, -0.1) is 0 Å². The Labute approximate surface area is 166 Å². The van der Waals surface area contributed by atoms with Crippen molar-refractivity contribution in [3.63, 3.8) is 0 Å². The zero-order valence-corrected chi connectivity index (χ0v) is 17.7. The van der Waals surface area contributed by atoms with E-state index in [4.69, 9.17) is 9.47 Å². The van der Waals surface area contributed by atoms with E-state index in [9.17, 15) is 10.2 Å². The molecule has 5 heteroatoms. The predicted molar refractivity (Wildman–Crippen MR) is 98.1 cm³/mol. The van der Waals surface area contributed by atoms with Crippen LogP contribution in [-0.2, 0) is 24.4 Å². The molecule has 2 aromatic rings. The van der Waals surface area contributed by atoms with E-state index in [1.807, 2.05) is 12.1 Å². The van der Waals surface area contributed by atoms with E-state index < -0.39 is 21.2 Å². The van der Waals surface area contributed by atoms with Crippen molar-refractivity contribution in [2.75, 3.05) is 20.3 Å². The Morgan fingerprint density at radius 3 is 2.15 bits per heavy atom. The molecule has 0 amide bonds. The molecule has 2 N–H and O–H groups in total. The van der Waals surface area contributed by atoms with E-state index in [1.165, 1.54) is 9.13 Å². The molecule has 0 radical (unpaired) electrons. The number of rotatable bonds is 11. The van der Waals surface area contributed by atoms with Gasteiger partial charge in [0.25, 0.3) is 0 Å². The Morgan fingerprint density at radius 2 is 1.62 bits per heavy atom. The van der Waals surface area contributed by atoms with E-state index in [2.05, 4.69) is 31.2 Å². The van der Waals surface area contributed by atoms with E-state index in [0.29, 0.717) is 5.75 Å². The van der Waals surface area contributed by atoms with Crippen molar-refractivity contribution in [1.29, 1.82) is 0 Å². The number of methoxy groups -OCH3 is 1. The fraction of sp³-hybridized carbons (Fsp3) is 0.429. The third-order valence-electron chi connectivity index (χ3n) is 3.99. The van der Waals surface area contributed by atoms with E-state index in [0.717, 1.165) is 47.2 Å². The van der Waals surface area contributed by atoms with Crippen LogP contribution in [0.25, 0.3) is 0 Å². The van der Waals surface area contributed by atoms with Crippen LogP contribution in [0.3, 0.4) is 0 Å². The zero-order chi connectivity index (χ0) is 18.8. The third-order valence-corrected chi connectivity index (χ3v) is 7.26. The number of aliphatic hydroxyl groups excluding tert-OH is 2. The van der Waals surface area contributed by atoms with Crippen molar-refractivity contribution in [2.45, 2.75) is 39.4 Å². The second-order valence-electron chi connectivity index (χ2n) is 6.01. The van der Waals surface area contributed by atoms with E-state index in [1.54, 1.807) is 7.11 Å². The van der Waals surface area contributed by atoms with Crippen LogP contribution < -0.4 is 25.9 Å². The van der Waals surface area contributed by atoms with Crippen molar-refractivity contribution >= 4 is 0 Å². The number of ether oxygens (including phenoxy) is 2. The Kier molecular flexibility index (Phi) is 9.39. The number of benzene rings is 2. The van der Waals surface area contributed by atoms with Gasteiger partial charge in [-0.25, -0.2) is 0 Å². The summed E-state index contributed by atoms with van der Waals surface area (Å²) in [7, 11) is 1.60. The summed E-state index contributed by atoms with van der Waals surface area (Å²) in [6.07, 6.45) is 3.13. The summed E-state index contributed by atoms with van der Waals surface area (Å²) in [5, 5.41) is 19.4. The molecule has 4 nitrogen and oxygen atoms in total. The fourth-order valence-corrected chi connectivity index (χ4v) is 5.32. The molecule has 2 aromatic carbocycles. The van der Waals surface area contributed by atoms with Crippen LogP contribution in [0.5, 0.6) is 5.75 Å². The fourth-order valence-electron chi connectivity index (χ4n) is 2.64. The summed E-state index contributed by atoms with van der Waals surface area (Å²) < 4.78 is 13.1. The second kappa shape index (κ2) is 11.5. The molecule has 0 aliphatic rings. The average Bonchev–Trinajstić information content (AvgIpc) is 2.69. The summed E-state index contributed by atoms with van der Waals surface area (Å²) in [6, 6.07) is 12.4. The third kappa shape index (κ3) is 6.23. The maximum atomic E-state index is 9.71. The molecule has 26 heavy (non-hydrogen) atoms. The summed E-state index contributed by atoms with van der Waals surface area (Å²) in [5.41, 5.74) is 3.01. The van der Waals surface area contributed by atoms with Gasteiger partial charge in [-0.2, -0.15) is 0 Å². The topological polar surface area (TPSA) is 58.9 Å². The van der Waals surface area contributed by atoms with Crippen molar-refractivity contribution in [1.82, 2.24) is 0 Å². The monoisotopic (exact) mass is 471 g/mol. The first-order chi connectivity index (χ1) is 12.7. The summed E-state index contributed by atoms with van der Waals surface area (Å²) in [5.74, 6) is 0.673. The molecular weight excluding hydrogens is 443 g/mol. The van der Waals surface area contributed by atoms with Gasteiger partial charge in [0.15, 0.2) is 0 Å². The van der Waals surface area contributed by atoms with Crippen LogP contribution in [0.2, 0.25) is 0 Å². The van der Waals surface area contributed by atoms with Crippen molar-refractivity contribution in [2.24, 2.45) is 0 Å². The standard InChI is InChI=1S/C21H28IO4/c1-3-10-26-11-4-5-16-6-8-19(9-7-16)22-21-17(14-23)12-20(25-2)13-18(21)15-24/h6-9,12-13,23-24H,3-5,10-11,14-15H2,1-2H3/q-1. The van der Waals surface area contributed by atoms with Crippen LogP contribution in [0.4, 0.5) is 0 Å². The Hall–Kier alpha value is -1.15. The van der Waals surface area contributed by atoms with Crippen molar-refractivity contribution < 1.29 is 40.9 Å². The normalized spacial score (nSPS) is 11.1. The molecule has 0 aromatic heterocycles. The van der Waals surface area contributed by atoms with Crippen LogP contribution in [0.15, 0.2) is 36.4 Å². The quantitative estimate of drug-likeness (QED) is 0.363. The molecule has 144 valence electrons. The SMILES string of the molecule is CCCOCCCc1ccc([I-]c2c(CO)cc(OC)cc2CO)cc1. The zero-order valence-electron chi connectivity index (χ0n) is 15.5. The first-order valence-electron chi connectivity index (χ1n) is 8.94. The predicted octanol–water partition coefficient (Wildman–Crippen LogP) is 0.167. The van der Waals surface area contributed by atoms with Gasteiger partial charge in [0.2, 0.25) is 0 Å². The Morgan fingerprint density at radius 1 is 0.962 bits per heavy atom. The molecule has 0 fully saturated rings. The molecule has 0 aliphatic carbocycles. The number of halogens is 1. The van der Waals surface area contributed by atoms with Gasteiger partial charge in [-0.3, -0.25) is 0 Å². The molecule has 2 rings (SSSR count). The molecule has 0 heterocycles. The molecule has 0 spiro atoms. The number of hydrogen-bond donors (Lipinski definition) is 2. The van der Waals surface area contributed by atoms with Crippen molar-refractivity contribution in [3.05, 3.63) is 60.2 Å². The van der Waals surface area contributed by atoms with E-state index in [-0.39, 0.29) is 13.2 Å². The first kappa shape index (κ1) is 21.2. The molecule has 0 saturated carbocycles. The second-order valence-corrected chi connectivity index (χ2v) is 8.88.